The van der Waals surface area contributed by atoms with E-state index in [1.807, 2.05) is 0 Å². The van der Waals surface area contributed by atoms with E-state index in [2.05, 4.69) is 20.1 Å². The third-order valence-electron chi connectivity index (χ3n) is 5.26. The first-order valence-corrected chi connectivity index (χ1v) is 9.70. The van der Waals surface area contributed by atoms with Gasteiger partial charge in [0.1, 0.15) is 11.4 Å². The second-order valence-corrected chi connectivity index (χ2v) is 7.29. The molecule has 2 fully saturated rings. The van der Waals surface area contributed by atoms with E-state index in [1.165, 1.54) is 6.20 Å². The third-order valence-corrected chi connectivity index (χ3v) is 5.26. The number of piperidine rings is 1. The van der Waals surface area contributed by atoms with Crippen molar-refractivity contribution < 1.29 is 14.1 Å². The lowest BCUT2D eigenvalue weighted by Crippen LogP contribution is -2.37. The van der Waals surface area contributed by atoms with Crippen LogP contribution in [0.5, 0.6) is 0 Å². The van der Waals surface area contributed by atoms with Gasteiger partial charge in [0.15, 0.2) is 5.82 Å². The molecule has 1 saturated carbocycles. The van der Waals surface area contributed by atoms with Crippen molar-refractivity contribution in [3.8, 4) is 0 Å². The SMILES string of the molecule is CCOC(=O)c1cnn(CCN2CCC[C@@H](c3noc(C4CC4)n3)C2)c1N. The number of esters is 1. The number of nitrogen functional groups attached to an aromatic ring is 1. The Bertz CT molecular complexity index is 797. The first-order valence-electron chi connectivity index (χ1n) is 9.70. The molecule has 4 rings (SSSR count). The van der Waals surface area contributed by atoms with Crippen molar-refractivity contribution >= 4 is 11.8 Å². The number of nitrogens with zero attached hydrogens (tertiary/aromatic N) is 5. The molecular formula is C18H26N6O3. The molecule has 0 amide bonds. The van der Waals surface area contributed by atoms with Crippen LogP contribution in [0.2, 0.25) is 0 Å². The van der Waals surface area contributed by atoms with Crippen LogP contribution < -0.4 is 5.73 Å². The fraction of sp³-hybridized carbons (Fsp3) is 0.667. The van der Waals surface area contributed by atoms with Crippen LogP contribution in [0, 0.1) is 0 Å². The van der Waals surface area contributed by atoms with Gasteiger partial charge in [-0.05, 0) is 39.2 Å². The average molecular weight is 374 g/mol. The minimum Gasteiger partial charge on any atom is -0.462 e. The van der Waals surface area contributed by atoms with Gasteiger partial charge in [0.2, 0.25) is 5.89 Å². The number of nitrogens with two attached hydrogens (primary N) is 1. The average Bonchev–Trinajstić information content (AvgIpc) is 3.28. The van der Waals surface area contributed by atoms with Gasteiger partial charge in [-0.15, -0.1) is 0 Å². The minimum atomic E-state index is -0.428. The fourth-order valence-corrected chi connectivity index (χ4v) is 3.55. The van der Waals surface area contributed by atoms with E-state index >= 15 is 0 Å². The van der Waals surface area contributed by atoms with Gasteiger partial charge in [0.05, 0.1) is 19.3 Å². The summed E-state index contributed by atoms with van der Waals surface area (Å²) in [5.41, 5.74) is 6.38. The Morgan fingerprint density at radius 1 is 1.33 bits per heavy atom. The molecule has 1 atom stereocenters. The summed E-state index contributed by atoms with van der Waals surface area (Å²) in [4.78, 5) is 18.8. The predicted molar refractivity (Wildman–Crippen MR) is 97.3 cm³/mol. The first-order chi connectivity index (χ1) is 13.2. The summed E-state index contributed by atoms with van der Waals surface area (Å²) in [6, 6.07) is 0. The Morgan fingerprint density at radius 2 is 2.19 bits per heavy atom. The van der Waals surface area contributed by atoms with Crippen molar-refractivity contribution in [3.05, 3.63) is 23.5 Å². The summed E-state index contributed by atoms with van der Waals surface area (Å²) in [5, 5.41) is 8.44. The largest absolute Gasteiger partial charge is 0.462 e. The van der Waals surface area contributed by atoms with E-state index in [-0.39, 0.29) is 0 Å². The summed E-state index contributed by atoms with van der Waals surface area (Å²) >= 11 is 0. The Hall–Kier alpha value is -2.42. The molecule has 1 aliphatic carbocycles. The number of likely N-dealkylation sites (tertiary alicyclic amines) is 1. The summed E-state index contributed by atoms with van der Waals surface area (Å²) < 4.78 is 12.1. The molecule has 27 heavy (non-hydrogen) atoms. The van der Waals surface area contributed by atoms with Crippen LogP contribution in [0.4, 0.5) is 5.82 Å². The lowest BCUT2D eigenvalue weighted by molar-refractivity contribution is 0.0527. The summed E-state index contributed by atoms with van der Waals surface area (Å²) in [6.07, 6.45) is 5.98. The van der Waals surface area contributed by atoms with E-state index in [9.17, 15) is 4.79 Å². The molecule has 2 aromatic rings. The van der Waals surface area contributed by atoms with E-state index in [4.69, 9.17) is 15.0 Å². The lowest BCUT2D eigenvalue weighted by atomic mass is 9.97. The van der Waals surface area contributed by atoms with Crippen LogP contribution in [0.3, 0.4) is 0 Å². The quantitative estimate of drug-likeness (QED) is 0.730. The maximum absolute atomic E-state index is 11.9. The molecule has 2 aliphatic rings. The maximum atomic E-state index is 11.9. The molecule has 0 spiro atoms. The summed E-state index contributed by atoms with van der Waals surface area (Å²) in [6.45, 7) is 5.43. The van der Waals surface area contributed by atoms with Crippen LogP contribution in [-0.4, -0.2) is 57.0 Å². The Labute approximate surface area is 157 Å². The van der Waals surface area contributed by atoms with Crippen LogP contribution in [0.15, 0.2) is 10.7 Å². The second kappa shape index (κ2) is 7.67. The smallest absolute Gasteiger partial charge is 0.343 e. The molecule has 0 unspecified atom stereocenters. The normalized spacial score (nSPS) is 20.7. The molecule has 9 nitrogen and oxygen atoms in total. The van der Waals surface area contributed by atoms with Gasteiger partial charge in [-0.3, -0.25) is 0 Å². The fourth-order valence-electron chi connectivity index (χ4n) is 3.55. The van der Waals surface area contributed by atoms with Gasteiger partial charge < -0.3 is 19.9 Å². The van der Waals surface area contributed by atoms with Crippen molar-refractivity contribution in [2.24, 2.45) is 0 Å². The number of anilines is 1. The highest BCUT2D eigenvalue weighted by Crippen LogP contribution is 2.39. The highest BCUT2D eigenvalue weighted by molar-refractivity contribution is 5.93. The second-order valence-electron chi connectivity index (χ2n) is 7.29. The summed E-state index contributed by atoms with van der Waals surface area (Å²) in [5.74, 6) is 2.36. The molecule has 3 heterocycles. The number of hydrogen-bond donors (Lipinski definition) is 1. The third kappa shape index (κ3) is 3.97. The number of rotatable bonds is 7. The molecule has 0 aromatic carbocycles. The maximum Gasteiger partial charge on any atom is 0.343 e. The first kappa shape index (κ1) is 18.0. The number of aromatic nitrogens is 4. The number of hydrogen-bond acceptors (Lipinski definition) is 8. The predicted octanol–water partition coefficient (Wildman–Crippen LogP) is 1.78. The van der Waals surface area contributed by atoms with Crippen LogP contribution in [-0.2, 0) is 11.3 Å². The van der Waals surface area contributed by atoms with Crippen molar-refractivity contribution in [2.45, 2.75) is 51.0 Å². The van der Waals surface area contributed by atoms with E-state index in [0.29, 0.717) is 36.4 Å². The Morgan fingerprint density at radius 3 is 2.96 bits per heavy atom. The standard InChI is InChI=1S/C18H26N6O3/c1-2-26-18(25)14-10-20-24(15(14)19)9-8-23-7-3-4-13(11-23)16-21-17(27-22-16)12-5-6-12/h10,12-13H,2-9,11,19H2,1H3/t13-/m1/s1. The zero-order valence-electron chi connectivity index (χ0n) is 15.6. The molecule has 2 aromatic heterocycles. The zero-order chi connectivity index (χ0) is 18.8. The molecule has 9 heteroatoms. The number of carbonyl (C=O) groups is 1. The monoisotopic (exact) mass is 374 g/mol. The molecule has 2 N–H and O–H groups in total. The van der Waals surface area contributed by atoms with Gasteiger partial charge in [0, 0.05) is 24.9 Å². The van der Waals surface area contributed by atoms with Crippen LogP contribution >= 0.6 is 0 Å². The van der Waals surface area contributed by atoms with Crippen molar-refractivity contribution in [2.75, 3.05) is 32.0 Å². The van der Waals surface area contributed by atoms with Crippen molar-refractivity contribution in [1.82, 2.24) is 24.8 Å². The molecular weight excluding hydrogens is 348 g/mol. The topological polar surface area (TPSA) is 112 Å². The van der Waals surface area contributed by atoms with Crippen LogP contribution in [0.1, 0.15) is 66.5 Å². The Kier molecular flexibility index (Phi) is 5.11. The van der Waals surface area contributed by atoms with Crippen LogP contribution in [0.25, 0.3) is 0 Å². The van der Waals surface area contributed by atoms with Gasteiger partial charge in [-0.25, -0.2) is 9.48 Å². The van der Waals surface area contributed by atoms with E-state index < -0.39 is 5.97 Å². The number of ether oxygens (including phenoxy) is 1. The highest BCUT2D eigenvalue weighted by atomic mass is 16.5. The highest BCUT2D eigenvalue weighted by Gasteiger charge is 2.32. The number of carbonyl (C=O) groups excluding carboxylic acids is 1. The molecule has 1 saturated heterocycles. The van der Waals surface area contributed by atoms with Gasteiger partial charge >= 0.3 is 5.97 Å². The molecule has 1 aliphatic heterocycles. The lowest BCUT2D eigenvalue weighted by Gasteiger charge is -2.31. The molecule has 146 valence electrons. The molecule has 0 bridgehead atoms. The Balaban J connectivity index is 1.33. The zero-order valence-corrected chi connectivity index (χ0v) is 15.6. The summed E-state index contributed by atoms with van der Waals surface area (Å²) in [7, 11) is 0. The minimum absolute atomic E-state index is 0.306. The van der Waals surface area contributed by atoms with Gasteiger partial charge in [-0.2, -0.15) is 10.1 Å². The van der Waals surface area contributed by atoms with Gasteiger partial charge in [-0.1, -0.05) is 5.16 Å². The van der Waals surface area contributed by atoms with E-state index in [1.54, 1.807) is 11.6 Å². The van der Waals surface area contributed by atoms with Gasteiger partial charge in [0.25, 0.3) is 0 Å². The molecule has 0 radical (unpaired) electrons. The van der Waals surface area contributed by atoms with Crippen molar-refractivity contribution in [3.63, 3.8) is 0 Å². The van der Waals surface area contributed by atoms with E-state index in [0.717, 1.165) is 57.0 Å². The van der Waals surface area contributed by atoms with Crippen molar-refractivity contribution in [1.29, 1.82) is 0 Å².